The zero-order valence-electron chi connectivity index (χ0n) is 11.7. The Kier molecular flexibility index (Phi) is 3.98. The van der Waals surface area contributed by atoms with Gasteiger partial charge >= 0.3 is 6.01 Å². The van der Waals surface area contributed by atoms with Crippen molar-refractivity contribution in [2.24, 2.45) is 0 Å². The van der Waals surface area contributed by atoms with Gasteiger partial charge in [-0.2, -0.15) is 4.98 Å². The van der Waals surface area contributed by atoms with Crippen LogP contribution in [0, 0.1) is 0 Å². The first-order valence-corrected chi connectivity index (χ1v) is 7.08. The molecule has 22 heavy (non-hydrogen) atoms. The molecule has 0 aliphatic heterocycles. The minimum absolute atomic E-state index is 0.116. The molecule has 0 spiro atoms. The number of nitrogens with one attached hydrogen (secondary N) is 1. The molecule has 0 bridgehead atoms. The third kappa shape index (κ3) is 3.20. The number of oxazole rings is 1. The quantitative estimate of drug-likeness (QED) is 0.793. The number of amides is 1. The number of hydrogen-bond donors (Lipinski definition) is 1. The van der Waals surface area contributed by atoms with Gasteiger partial charge in [-0.05, 0) is 31.2 Å². The fourth-order valence-corrected chi connectivity index (χ4v) is 2.08. The SMILES string of the molecule is CC(Oc1ccccc1)C(=O)Nc1nc2ccc(Cl)cc2o1. The van der Waals surface area contributed by atoms with Gasteiger partial charge in [-0.15, -0.1) is 0 Å². The summed E-state index contributed by atoms with van der Waals surface area (Å²) < 4.78 is 11.0. The summed E-state index contributed by atoms with van der Waals surface area (Å²) in [5, 5.41) is 3.13. The van der Waals surface area contributed by atoms with E-state index in [1.165, 1.54) is 0 Å². The van der Waals surface area contributed by atoms with Crippen molar-refractivity contribution in [3.63, 3.8) is 0 Å². The first-order chi connectivity index (χ1) is 10.6. The molecule has 5 nitrogen and oxygen atoms in total. The lowest BCUT2D eigenvalue weighted by atomic mass is 10.3. The summed E-state index contributed by atoms with van der Waals surface area (Å²) in [6, 6.07) is 14.3. The number of carbonyl (C=O) groups excluding carboxylic acids is 1. The van der Waals surface area contributed by atoms with Gasteiger partial charge in [-0.3, -0.25) is 10.1 Å². The summed E-state index contributed by atoms with van der Waals surface area (Å²) in [4.78, 5) is 16.3. The molecule has 3 aromatic rings. The lowest BCUT2D eigenvalue weighted by molar-refractivity contribution is -0.122. The molecule has 0 saturated carbocycles. The van der Waals surface area contributed by atoms with E-state index in [-0.39, 0.29) is 11.9 Å². The zero-order valence-corrected chi connectivity index (χ0v) is 12.5. The van der Waals surface area contributed by atoms with Gasteiger partial charge in [-0.1, -0.05) is 29.8 Å². The second kappa shape index (κ2) is 6.07. The number of hydrogen-bond acceptors (Lipinski definition) is 4. The number of ether oxygens (including phenoxy) is 1. The number of para-hydroxylation sites is 1. The molecule has 0 saturated heterocycles. The highest BCUT2D eigenvalue weighted by atomic mass is 35.5. The largest absolute Gasteiger partial charge is 0.481 e. The molecule has 1 heterocycles. The molecule has 112 valence electrons. The van der Waals surface area contributed by atoms with E-state index in [9.17, 15) is 4.79 Å². The standard InChI is InChI=1S/C16H13ClN2O3/c1-10(21-12-5-3-2-4-6-12)15(20)19-16-18-13-8-7-11(17)9-14(13)22-16/h2-10H,1H3,(H,18,19,20). The molecular formula is C16H13ClN2O3. The number of fused-ring (bicyclic) bond motifs is 1. The van der Waals surface area contributed by atoms with Gasteiger partial charge in [-0.25, -0.2) is 0 Å². The summed E-state index contributed by atoms with van der Waals surface area (Å²) in [7, 11) is 0. The summed E-state index contributed by atoms with van der Waals surface area (Å²) in [6.07, 6.45) is -0.680. The van der Waals surface area contributed by atoms with Gasteiger partial charge in [0.2, 0.25) is 0 Å². The first-order valence-electron chi connectivity index (χ1n) is 6.70. The molecule has 3 rings (SSSR count). The molecule has 0 fully saturated rings. The predicted octanol–water partition coefficient (Wildman–Crippen LogP) is 3.89. The van der Waals surface area contributed by atoms with Crippen LogP contribution in [0.1, 0.15) is 6.92 Å². The van der Waals surface area contributed by atoms with Crippen LogP contribution in [0.5, 0.6) is 5.75 Å². The lowest BCUT2D eigenvalue weighted by Crippen LogP contribution is -2.30. The molecule has 0 aliphatic rings. The van der Waals surface area contributed by atoms with Crippen LogP contribution < -0.4 is 10.1 Å². The van der Waals surface area contributed by atoms with E-state index in [1.54, 1.807) is 37.3 Å². The van der Waals surface area contributed by atoms with Crippen molar-refractivity contribution in [1.29, 1.82) is 0 Å². The molecule has 1 atom stereocenters. The molecule has 0 aliphatic carbocycles. The van der Waals surface area contributed by atoms with Crippen LogP contribution in [0.2, 0.25) is 5.02 Å². The molecule has 2 aromatic carbocycles. The van der Waals surface area contributed by atoms with Crippen molar-refractivity contribution in [3.8, 4) is 5.75 Å². The Morgan fingerprint density at radius 2 is 2.05 bits per heavy atom. The molecule has 1 aromatic heterocycles. The summed E-state index contributed by atoms with van der Waals surface area (Å²) in [5.74, 6) is 0.274. The fourth-order valence-electron chi connectivity index (χ4n) is 1.92. The Morgan fingerprint density at radius 3 is 2.82 bits per heavy atom. The van der Waals surface area contributed by atoms with Crippen LogP contribution in [0.4, 0.5) is 6.01 Å². The van der Waals surface area contributed by atoms with E-state index in [2.05, 4.69) is 10.3 Å². The van der Waals surface area contributed by atoms with Crippen LogP contribution >= 0.6 is 11.6 Å². The fraction of sp³-hybridized carbons (Fsp3) is 0.125. The minimum Gasteiger partial charge on any atom is -0.481 e. The Bertz CT molecular complexity index is 802. The number of rotatable bonds is 4. The van der Waals surface area contributed by atoms with Crippen molar-refractivity contribution in [3.05, 3.63) is 53.6 Å². The average Bonchev–Trinajstić information content (AvgIpc) is 2.89. The highest BCUT2D eigenvalue weighted by Gasteiger charge is 2.17. The van der Waals surface area contributed by atoms with Gasteiger partial charge in [0.15, 0.2) is 11.7 Å². The number of aromatic nitrogens is 1. The lowest BCUT2D eigenvalue weighted by Gasteiger charge is -2.12. The summed E-state index contributed by atoms with van der Waals surface area (Å²) in [5.41, 5.74) is 1.13. The number of carbonyl (C=O) groups is 1. The van der Waals surface area contributed by atoms with Crippen molar-refractivity contribution >= 4 is 34.6 Å². The average molecular weight is 317 g/mol. The summed E-state index contributed by atoms with van der Waals surface area (Å²) in [6.45, 7) is 1.65. The van der Waals surface area contributed by atoms with E-state index in [4.69, 9.17) is 20.8 Å². The normalized spacial score (nSPS) is 12.1. The monoisotopic (exact) mass is 316 g/mol. The zero-order chi connectivity index (χ0) is 15.5. The van der Waals surface area contributed by atoms with E-state index in [0.29, 0.717) is 21.9 Å². The molecule has 1 N–H and O–H groups in total. The molecule has 1 unspecified atom stereocenters. The maximum atomic E-state index is 12.1. The van der Waals surface area contributed by atoms with Gasteiger partial charge in [0.1, 0.15) is 11.3 Å². The van der Waals surface area contributed by atoms with Crippen molar-refractivity contribution < 1.29 is 13.9 Å². The van der Waals surface area contributed by atoms with Gasteiger partial charge in [0.25, 0.3) is 5.91 Å². The maximum Gasteiger partial charge on any atom is 0.302 e. The number of halogens is 1. The predicted molar refractivity (Wildman–Crippen MR) is 84.2 cm³/mol. The van der Waals surface area contributed by atoms with Crippen LogP contribution in [0.15, 0.2) is 52.9 Å². The second-order valence-electron chi connectivity index (χ2n) is 4.69. The third-order valence-electron chi connectivity index (χ3n) is 3.01. The van der Waals surface area contributed by atoms with E-state index in [1.807, 2.05) is 18.2 Å². The Morgan fingerprint density at radius 1 is 1.27 bits per heavy atom. The third-order valence-corrected chi connectivity index (χ3v) is 3.24. The number of nitrogens with zero attached hydrogens (tertiary/aromatic N) is 1. The van der Waals surface area contributed by atoms with Crippen LogP contribution in [-0.4, -0.2) is 17.0 Å². The molecular weight excluding hydrogens is 304 g/mol. The van der Waals surface area contributed by atoms with Crippen molar-refractivity contribution in [2.75, 3.05) is 5.32 Å². The smallest absolute Gasteiger partial charge is 0.302 e. The van der Waals surface area contributed by atoms with Crippen LogP contribution in [0.25, 0.3) is 11.1 Å². The number of benzene rings is 2. The summed E-state index contributed by atoms with van der Waals surface area (Å²) >= 11 is 5.88. The molecule has 6 heteroatoms. The minimum atomic E-state index is -0.680. The van der Waals surface area contributed by atoms with E-state index in [0.717, 1.165) is 0 Å². The van der Waals surface area contributed by atoms with Gasteiger partial charge < -0.3 is 9.15 Å². The molecule has 0 radical (unpaired) electrons. The molecule has 1 amide bonds. The Hall–Kier alpha value is -2.53. The topological polar surface area (TPSA) is 64.4 Å². The first kappa shape index (κ1) is 14.4. The highest BCUT2D eigenvalue weighted by Crippen LogP contribution is 2.22. The van der Waals surface area contributed by atoms with Gasteiger partial charge in [0.05, 0.1) is 0 Å². The van der Waals surface area contributed by atoms with Crippen molar-refractivity contribution in [1.82, 2.24) is 4.98 Å². The maximum absolute atomic E-state index is 12.1. The van der Waals surface area contributed by atoms with Crippen LogP contribution in [-0.2, 0) is 4.79 Å². The Balaban J connectivity index is 1.69. The van der Waals surface area contributed by atoms with E-state index < -0.39 is 6.10 Å². The Labute approximate surface area is 131 Å². The second-order valence-corrected chi connectivity index (χ2v) is 5.13. The highest BCUT2D eigenvalue weighted by molar-refractivity contribution is 6.31. The van der Waals surface area contributed by atoms with E-state index >= 15 is 0 Å². The number of anilines is 1. The van der Waals surface area contributed by atoms with Crippen LogP contribution in [0.3, 0.4) is 0 Å². The van der Waals surface area contributed by atoms with Gasteiger partial charge in [0, 0.05) is 11.1 Å². The van der Waals surface area contributed by atoms with Crippen molar-refractivity contribution in [2.45, 2.75) is 13.0 Å².